The van der Waals surface area contributed by atoms with Crippen LogP contribution in [0.5, 0.6) is 17.2 Å². The van der Waals surface area contributed by atoms with E-state index in [0.717, 1.165) is 0 Å². The van der Waals surface area contributed by atoms with E-state index in [0.29, 0.717) is 70.5 Å². The lowest BCUT2D eigenvalue weighted by atomic mass is 9.91. The molecule has 0 saturated carbocycles. The van der Waals surface area contributed by atoms with E-state index in [1.807, 2.05) is 0 Å². The summed E-state index contributed by atoms with van der Waals surface area (Å²) in [4.78, 5) is 32.3. The minimum Gasteiger partial charge on any atom is -0.493 e. The molecular weight excluding hydrogens is 587 g/mol. The third-order valence-corrected chi connectivity index (χ3v) is 8.29. The van der Waals surface area contributed by atoms with Crippen molar-refractivity contribution in [1.29, 1.82) is 0 Å². The number of methoxy groups -OCH3 is 3. The second kappa shape index (κ2) is 11.6. The Balaban J connectivity index is 1.70. The molecule has 2 aromatic heterocycles. The highest BCUT2D eigenvalue weighted by Crippen LogP contribution is 2.42. The van der Waals surface area contributed by atoms with Crippen molar-refractivity contribution in [2.75, 3.05) is 21.3 Å². The zero-order valence-corrected chi connectivity index (χ0v) is 25.2. The van der Waals surface area contributed by atoms with Gasteiger partial charge in [0.05, 0.1) is 36.9 Å². The first-order valence-electron chi connectivity index (χ1n) is 12.6. The quantitative estimate of drug-likeness (QED) is 0.249. The van der Waals surface area contributed by atoms with Gasteiger partial charge in [-0.2, -0.15) is 0 Å². The van der Waals surface area contributed by atoms with Crippen LogP contribution in [0.1, 0.15) is 37.6 Å². The summed E-state index contributed by atoms with van der Waals surface area (Å²) in [5, 5.41) is 1.01. The number of carbonyl (C=O) groups excluding carboxylic acids is 1. The van der Waals surface area contributed by atoms with Crippen LogP contribution >= 0.6 is 34.5 Å². The highest BCUT2D eigenvalue weighted by Gasteiger charge is 2.33. The monoisotopic (exact) mass is 612 g/mol. The van der Waals surface area contributed by atoms with Gasteiger partial charge in [-0.1, -0.05) is 41.5 Å². The van der Waals surface area contributed by atoms with E-state index in [1.54, 1.807) is 62.4 Å². The molecule has 0 radical (unpaired) electrons. The van der Waals surface area contributed by atoms with Crippen LogP contribution in [-0.4, -0.2) is 31.7 Å². The first-order valence-corrected chi connectivity index (χ1v) is 14.2. The Kier molecular flexibility index (Phi) is 8.13. The molecule has 1 aliphatic rings. The number of carbonyl (C=O) groups is 1. The zero-order chi connectivity index (χ0) is 29.4. The van der Waals surface area contributed by atoms with E-state index in [2.05, 4.69) is 4.99 Å². The Morgan fingerprint density at radius 3 is 2.41 bits per heavy atom. The maximum atomic E-state index is 14.0. The van der Waals surface area contributed by atoms with Gasteiger partial charge in [0.1, 0.15) is 11.5 Å². The van der Waals surface area contributed by atoms with Crippen LogP contribution < -0.4 is 29.1 Å². The third-order valence-electron chi connectivity index (χ3n) is 6.74. The number of thiazole rings is 1. The van der Waals surface area contributed by atoms with Gasteiger partial charge in [-0.05, 0) is 55.0 Å². The molecule has 11 heteroatoms. The number of halogens is 2. The molecule has 0 amide bonds. The second-order valence-electron chi connectivity index (χ2n) is 9.14. The summed E-state index contributed by atoms with van der Waals surface area (Å²) in [7, 11) is 4.54. The van der Waals surface area contributed by atoms with Gasteiger partial charge >= 0.3 is 0 Å². The molecule has 8 nitrogen and oxygen atoms in total. The first kappa shape index (κ1) is 28.7. The number of Topliss-reactive ketones (excluding diaryl/α,β-unsaturated/α-hetero) is 1. The normalized spacial score (nSPS) is 15.0. The fourth-order valence-electron chi connectivity index (χ4n) is 4.83. The Morgan fingerprint density at radius 2 is 1.78 bits per heavy atom. The van der Waals surface area contributed by atoms with E-state index in [9.17, 15) is 9.59 Å². The summed E-state index contributed by atoms with van der Waals surface area (Å²) in [6, 6.07) is 11.4. The average molecular weight is 614 g/mol. The number of ether oxygens (including phenoxy) is 3. The smallest absolute Gasteiger partial charge is 0.271 e. The van der Waals surface area contributed by atoms with Crippen LogP contribution in [-0.2, 0) is 4.79 Å². The topological polar surface area (TPSA) is 92.3 Å². The summed E-state index contributed by atoms with van der Waals surface area (Å²) in [6.45, 7) is 3.55. The highest BCUT2D eigenvalue weighted by molar-refractivity contribution is 7.07. The molecule has 0 bridgehead atoms. The molecule has 0 spiro atoms. The largest absolute Gasteiger partial charge is 0.493 e. The van der Waals surface area contributed by atoms with Gasteiger partial charge in [-0.3, -0.25) is 14.2 Å². The van der Waals surface area contributed by atoms with Crippen LogP contribution in [0.25, 0.3) is 17.4 Å². The van der Waals surface area contributed by atoms with Gasteiger partial charge in [-0.25, -0.2) is 4.99 Å². The number of benzene rings is 2. The van der Waals surface area contributed by atoms with Crippen molar-refractivity contribution < 1.29 is 23.4 Å². The number of nitrogens with zero attached hydrogens (tertiary/aromatic N) is 2. The molecule has 1 atom stereocenters. The molecular formula is C30H26Cl2N2O6S. The summed E-state index contributed by atoms with van der Waals surface area (Å²) in [6.07, 6.45) is 1.90. The lowest BCUT2D eigenvalue weighted by molar-refractivity contribution is -0.115. The van der Waals surface area contributed by atoms with Crippen molar-refractivity contribution in [3.05, 3.63) is 94.8 Å². The predicted molar refractivity (Wildman–Crippen MR) is 159 cm³/mol. The summed E-state index contributed by atoms with van der Waals surface area (Å²) < 4.78 is 24.5. The molecule has 41 heavy (non-hydrogen) atoms. The van der Waals surface area contributed by atoms with Gasteiger partial charge in [0, 0.05) is 34.4 Å². The number of fused-ring (bicyclic) bond motifs is 1. The molecule has 212 valence electrons. The Labute approximate surface area is 249 Å². The molecule has 0 fully saturated rings. The van der Waals surface area contributed by atoms with Gasteiger partial charge in [0.2, 0.25) is 5.75 Å². The van der Waals surface area contributed by atoms with Crippen molar-refractivity contribution in [3.8, 4) is 28.6 Å². The Hall–Kier alpha value is -3.79. The number of furan rings is 1. The van der Waals surface area contributed by atoms with Crippen molar-refractivity contribution >= 4 is 46.4 Å². The van der Waals surface area contributed by atoms with Gasteiger partial charge in [-0.15, -0.1) is 0 Å². The molecule has 2 aromatic carbocycles. The van der Waals surface area contributed by atoms with Crippen LogP contribution in [0.15, 0.2) is 67.9 Å². The van der Waals surface area contributed by atoms with Crippen molar-refractivity contribution in [1.82, 2.24) is 4.57 Å². The zero-order valence-electron chi connectivity index (χ0n) is 22.9. The maximum absolute atomic E-state index is 14.0. The molecule has 1 aliphatic heterocycles. The average Bonchev–Trinajstić information content (AvgIpc) is 3.56. The molecule has 0 N–H and O–H groups in total. The highest BCUT2D eigenvalue weighted by atomic mass is 35.5. The first-order chi connectivity index (χ1) is 19.7. The summed E-state index contributed by atoms with van der Waals surface area (Å²) in [5.41, 5.74) is 1.91. The van der Waals surface area contributed by atoms with Gasteiger partial charge < -0.3 is 18.6 Å². The van der Waals surface area contributed by atoms with E-state index >= 15 is 0 Å². The Bertz CT molecular complexity index is 1860. The standard InChI is InChI=1S/C30H26Cl2N2O6S/c1-6-21(35)26-15(2)33-30-34(27(26)16-11-23(37-3)28(39-5)24(12-16)38-4)29(36)25(41-30)14-18-8-10-22(40-18)19-13-17(31)7-9-20(19)32/h7-14,27H,6H2,1-5H3/b25-14-. The van der Waals surface area contributed by atoms with E-state index in [4.69, 9.17) is 41.8 Å². The van der Waals surface area contributed by atoms with E-state index in [-0.39, 0.29) is 17.8 Å². The van der Waals surface area contributed by atoms with Crippen LogP contribution in [0.4, 0.5) is 0 Å². The number of ketones is 1. The van der Waals surface area contributed by atoms with Crippen LogP contribution in [0, 0.1) is 0 Å². The van der Waals surface area contributed by atoms with Gasteiger partial charge in [0.25, 0.3) is 5.56 Å². The van der Waals surface area contributed by atoms with Gasteiger partial charge in [0.15, 0.2) is 22.1 Å². The lowest BCUT2D eigenvalue weighted by Crippen LogP contribution is -2.39. The van der Waals surface area contributed by atoms with Crippen molar-refractivity contribution in [2.45, 2.75) is 26.3 Å². The summed E-state index contributed by atoms with van der Waals surface area (Å²) >= 11 is 13.7. The number of rotatable bonds is 8. The van der Waals surface area contributed by atoms with E-state index < -0.39 is 6.04 Å². The molecule has 3 heterocycles. The lowest BCUT2D eigenvalue weighted by Gasteiger charge is -2.26. The fraction of sp³-hybridized carbons (Fsp3) is 0.233. The number of allylic oxidation sites excluding steroid dienone is 2. The molecule has 0 saturated heterocycles. The predicted octanol–water partition coefficient (Wildman–Crippen LogP) is 5.81. The van der Waals surface area contributed by atoms with Crippen molar-refractivity contribution in [2.24, 2.45) is 4.99 Å². The molecule has 5 rings (SSSR count). The Morgan fingerprint density at radius 1 is 1.07 bits per heavy atom. The minimum absolute atomic E-state index is 0.117. The number of aromatic nitrogens is 1. The van der Waals surface area contributed by atoms with Crippen molar-refractivity contribution in [3.63, 3.8) is 0 Å². The SMILES string of the molecule is CCC(=O)C1=C(C)N=c2s/c(=C\c3ccc(-c4cc(Cl)ccc4Cl)o3)c(=O)n2C1c1cc(OC)c(OC)c(OC)c1. The van der Waals surface area contributed by atoms with Crippen LogP contribution in [0.3, 0.4) is 0 Å². The number of hydrogen-bond donors (Lipinski definition) is 0. The fourth-order valence-corrected chi connectivity index (χ4v) is 6.24. The molecule has 0 aliphatic carbocycles. The maximum Gasteiger partial charge on any atom is 0.271 e. The third kappa shape index (κ3) is 5.21. The molecule has 4 aromatic rings. The second-order valence-corrected chi connectivity index (χ2v) is 11.0. The van der Waals surface area contributed by atoms with E-state index in [1.165, 1.54) is 37.2 Å². The number of hydrogen-bond acceptors (Lipinski definition) is 8. The summed E-state index contributed by atoms with van der Waals surface area (Å²) in [5.74, 6) is 2.07. The minimum atomic E-state index is -0.757. The van der Waals surface area contributed by atoms with Crippen LogP contribution in [0.2, 0.25) is 10.0 Å². The molecule has 1 unspecified atom stereocenters.